The molecule has 0 aliphatic carbocycles. The van der Waals surface area contributed by atoms with Crippen LogP contribution in [0.2, 0.25) is 0 Å². The van der Waals surface area contributed by atoms with Crippen LogP contribution in [0.4, 0.5) is 5.69 Å². The zero-order valence-corrected chi connectivity index (χ0v) is 12.6. The van der Waals surface area contributed by atoms with Crippen molar-refractivity contribution in [3.05, 3.63) is 29.8 Å². The van der Waals surface area contributed by atoms with Crippen molar-refractivity contribution in [2.45, 2.75) is 25.5 Å². The van der Waals surface area contributed by atoms with Crippen LogP contribution in [-0.2, 0) is 16.0 Å². The lowest BCUT2D eigenvalue weighted by molar-refractivity contribution is 0.0288. The first-order chi connectivity index (χ1) is 9.83. The van der Waals surface area contributed by atoms with Crippen LogP contribution in [0, 0.1) is 0 Å². The Labute approximate surface area is 122 Å². The first-order valence-electron chi connectivity index (χ1n) is 7.40. The third kappa shape index (κ3) is 4.47. The molecule has 1 fully saturated rings. The normalized spacial score (nSPS) is 16.6. The molecule has 0 bridgehead atoms. The summed E-state index contributed by atoms with van der Waals surface area (Å²) in [7, 11) is 3.42. The summed E-state index contributed by atoms with van der Waals surface area (Å²) in [6.07, 6.45) is 2.76. The van der Waals surface area contributed by atoms with E-state index in [0.717, 1.165) is 13.1 Å². The lowest BCUT2D eigenvalue weighted by Gasteiger charge is -2.18. The molecule has 1 heterocycles. The first-order valence-corrected chi connectivity index (χ1v) is 7.40. The van der Waals surface area contributed by atoms with Crippen LogP contribution in [0.15, 0.2) is 24.3 Å². The van der Waals surface area contributed by atoms with Crippen LogP contribution in [-0.4, -0.2) is 46.6 Å². The Kier molecular flexibility index (Phi) is 6.30. The predicted octanol–water partition coefficient (Wildman–Crippen LogP) is 2.04. The number of nitrogens with one attached hydrogen (secondary N) is 1. The van der Waals surface area contributed by atoms with Gasteiger partial charge in [-0.15, -0.1) is 0 Å². The summed E-state index contributed by atoms with van der Waals surface area (Å²) in [4.78, 5) is 2.46. The van der Waals surface area contributed by atoms with Crippen molar-refractivity contribution >= 4 is 5.69 Å². The van der Waals surface area contributed by atoms with Gasteiger partial charge in [-0.1, -0.05) is 12.1 Å². The number of benzene rings is 1. The molecule has 1 aliphatic heterocycles. The molecule has 0 amide bonds. The van der Waals surface area contributed by atoms with E-state index in [2.05, 4.69) is 34.5 Å². The molecule has 0 radical (unpaired) electrons. The monoisotopic (exact) mass is 278 g/mol. The average Bonchev–Trinajstić information content (AvgIpc) is 3.01. The van der Waals surface area contributed by atoms with Gasteiger partial charge in [-0.2, -0.15) is 0 Å². The van der Waals surface area contributed by atoms with Crippen molar-refractivity contribution in [2.24, 2.45) is 0 Å². The Morgan fingerprint density at radius 3 is 2.45 bits per heavy atom. The maximum atomic E-state index is 5.32. The number of hydrogen-bond donors (Lipinski definition) is 1. The molecule has 2 rings (SSSR count). The standard InChI is InChI=1S/C16H26N2O2/c1-19-13-16(20-2)12-17-11-14-5-7-15(8-6-14)18-9-3-4-10-18/h5-8,16-17H,3-4,9-13H2,1-2H3. The fourth-order valence-electron chi connectivity index (χ4n) is 2.57. The Bertz CT molecular complexity index is 375. The maximum absolute atomic E-state index is 5.32. The Morgan fingerprint density at radius 2 is 1.85 bits per heavy atom. The lowest BCUT2D eigenvalue weighted by Crippen LogP contribution is -2.31. The van der Waals surface area contributed by atoms with E-state index in [0.29, 0.717) is 6.61 Å². The summed E-state index contributed by atoms with van der Waals surface area (Å²) in [6.45, 7) is 4.69. The van der Waals surface area contributed by atoms with Crippen molar-refractivity contribution in [3.63, 3.8) is 0 Å². The van der Waals surface area contributed by atoms with Gasteiger partial charge in [0.1, 0.15) is 0 Å². The molecule has 1 aromatic rings. The highest BCUT2D eigenvalue weighted by Crippen LogP contribution is 2.20. The number of rotatable bonds is 8. The molecule has 1 aliphatic rings. The van der Waals surface area contributed by atoms with Crippen LogP contribution in [0.5, 0.6) is 0 Å². The van der Waals surface area contributed by atoms with Crippen molar-refractivity contribution in [1.29, 1.82) is 0 Å². The molecule has 112 valence electrons. The second-order valence-electron chi connectivity index (χ2n) is 5.30. The summed E-state index contributed by atoms with van der Waals surface area (Å²) in [6, 6.07) is 8.87. The lowest BCUT2D eigenvalue weighted by atomic mass is 10.2. The van der Waals surface area contributed by atoms with E-state index in [1.165, 1.54) is 37.2 Å². The van der Waals surface area contributed by atoms with E-state index in [4.69, 9.17) is 9.47 Å². The zero-order valence-electron chi connectivity index (χ0n) is 12.6. The van der Waals surface area contributed by atoms with E-state index in [9.17, 15) is 0 Å². The first kappa shape index (κ1) is 15.3. The molecule has 1 saturated heterocycles. The number of hydrogen-bond acceptors (Lipinski definition) is 4. The van der Waals surface area contributed by atoms with Gasteiger partial charge in [0.25, 0.3) is 0 Å². The van der Waals surface area contributed by atoms with Crippen LogP contribution >= 0.6 is 0 Å². The highest BCUT2D eigenvalue weighted by Gasteiger charge is 2.11. The third-order valence-electron chi connectivity index (χ3n) is 3.79. The predicted molar refractivity (Wildman–Crippen MR) is 82.3 cm³/mol. The van der Waals surface area contributed by atoms with E-state index in [-0.39, 0.29) is 6.10 Å². The average molecular weight is 278 g/mol. The number of ether oxygens (including phenoxy) is 2. The van der Waals surface area contributed by atoms with Gasteiger partial charge < -0.3 is 19.7 Å². The van der Waals surface area contributed by atoms with Crippen molar-refractivity contribution in [2.75, 3.05) is 45.4 Å². The zero-order chi connectivity index (χ0) is 14.2. The molecule has 4 heteroatoms. The number of methoxy groups -OCH3 is 2. The molecule has 4 nitrogen and oxygen atoms in total. The topological polar surface area (TPSA) is 33.7 Å². The molecule has 0 saturated carbocycles. The molecule has 1 atom stereocenters. The summed E-state index contributed by atoms with van der Waals surface area (Å²) < 4.78 is 10.4. The minimum atomic E-state index is 0.115. The van der Waals surface area contributed by atoms with Gasteiger partial charge >= 0.3 is 0 Å². The van der Waals surface area contributed by atoms with E-state index in [1.54, 1.807) is 14.2 Å². The molecule has 1 unspecified atom stereocenters. The molecular weight excluding hydrogens is 252 g/mol. The van der Waals surface area contributed by atoms with Gasteiger partial charge in [-0.25, -0.2) is 0 Å². The fourth-order valence-corrected chi connectivity index (χ4v) is 2.57. The number of nitrogens with zero attached hydrogens (tertiary/aromatic N) is 1. The van der Waals surface area contributed by atoms with E-state index < -0.39 is 0 Å². The van der Waals surface area contributed by atoms with Crippen molar-refractivity contribution in [3.8, 4) is 0 Å². The summed E-state index contributed by atoms with van der Waals surface area (Å²) >= 11 is 0. The second kappa shape index (κ2) is 8.25. The van der Waals surface area contributed by atoms with Crippen LogP contribution in [0.25, 0.3) is 0 Å². The molecule has 20 heavy (non-hydrogen) atoms. The maximum Gasteiger partial charge on any atom is 0.0928 e. The third-order valence-corrected chi connectivity index (χ3v) is 3.79. The van der Waals surface area contributed by atoms with Gasteiger partial charge in [0.15, 0.2) is 0 Å². The Hall–Kier alpha value is -1.10. The highest BCUT2D eigenvalue weighted by molar-refractivity contribution is 5.48. The SMILES string of the molecule is COCC(CNCc1ccc(N2CCCC2)cc1)OC. The number of anilines is 1. The van der Waals surface area contributed by atoms with Gasteiger partial charge in [0.05, 0.1) is 12.7 Å². The van der Waals surface area contributed by atoms with Crippen LogP contribution in [0.3, 0.4) is 0 Å². The van der Waals surface area contributed by atoms with E-state index in [1.807, 2.05) is 0 Å². The molecule has 1 N–H and O–H groups in total. The molecule has 0 spiro atoms. The van der Waals surface area contributed by atoms with Gasteiger partial charge in [0.2, 0.25) is 0 Å². The minimum Gasteiger partial charge on any atom is -0.382 e. The van der Waals surface area contributed by atoms with Crippen molar-refractivity contribution < 1.29 is 9.47 Å². The molecule has 0 aromatic heterocycles. The van der Waals surface area contributed by atoms with E-state index >= 15 is 0 Å². The van der Waals surface area contributed by atoms with Gasteiger partial charge in [-0.05, 0) is 30.5 Å². The summed E-state index contributed by atoms with van der Waals surface area (Å²) in [5, 5.41) is 3.41. The summed E-state index contributed by atoms with van der Waals surface area (Å²) in [5.41, 5.74) is 2.65. The smallest absolute Gasteiger partial charge is 0.0928 e. The van der Waals surface area contributed by atoms with Crippen LogP contribution in [0.1, 0.15) is 18.4 Å². The van der Waals surface area contributed by atoms with Gasteiger partial charge in [-0.3, -0.25) is 0 Å². The quantitative estimate of drug-likeness (QED) is 0.789. The molecule has 1 aromatic carbocycles. The minimum absolute atomic E-state index is 0.115. The molecular formula is C16H26N2O2. The van der Waals surface area contributed by atoms with Gasteiger partial charge in [0, 0.05) is 46.1 Å². The Balaban J connectivity index is 1.75. The van der Waals surface area contributed by atoms with Crippen molar-refractivity contribution in [1.82, 2.24) is 5.32 Å². The highest BCUT2D eigenvalue weighted by atomic mass is 16.5. The van der Waals surface area contributed by atoms with Crippen LogP contribution < -0.4 is 10.2 Å². The largest absolute Gasteiger partial charge is 0.382 e. The summed E-state index contributed by atoms with van der Waals surface area (Å²) in [5.74, 6) is 0. The Morgan fingerprint density at radius 1 is 1.15 bits per heavy atom. The fraction of sp³-hybridized carbons (Fsp3) is 0.625. The second-order valence-corrected chi connectivity index (χ2v) is 5.30.